The smallest absolute Gasteiger partial charge is 0.338 e. The Kier molecular flexibility index (Phi) is 6.42. The monoisotopic (exact) mass is 379 g/mol. The quantitative estimate of drug-likeness (QED) is 0.560. The van der Waals surface area contributed by atoms with Crippen LogP contribution in [0.15, 0.2) is 35.4 Å². The van der Waals surface area contributed by atoms with Gasteiger partial charge in [0.25, 0.3) is 10.0 Å². The zero-order valence-corrected chi connectivity index (χ0v) is 16.3. The summed E-state index contributed by atoms with van der Waals surface area (Å²) in [6.07, 6.45) is 3.27. The van der Waals surface area contributed by atoms with Gasteiger partial charge in [-0.05, 0) is 51.5 Å². The minimum absolute atomic E-state index is 0.0654. The number of sulfonamides is 1. The van der Waals surface area contributed by atoms with Crippen LogP contribution < -0.4 is 4.72 Å². The number of anilines is 1. The number of aryl methyl sites for hydroxylation is 1. The van der Waals surface area contributed by atoms with Crippen LogP contribution in [-0.4, -0.2) is 30.8 Å². The SMILES string of the molecule is CCCCOC(=O)c1ccc(NS(=O)(=O)c2cn(C(C)C)nc2C)cc1. The summed E-state index contributed by atoms with van der Waals surface area (Å²) in [7, 11) is -3.76. The molecule has 1 aromatic heterocycles. The molecule has 0 aliphatic carbocycles. The van der Waals surface area contributed by atoms with E-state index >= 15 is 0 Å². The van der Waals surface area contributed by atoms with Crippen LogP contribution in [0.2, 0.25) is 0 Å². The Hall–Kier alpha value is -2.35. The number of carbonyl (C=O) groups excluding carboxylic acids is 1. The van der Waals surface area contributed by atoms with Crippen molar-refractivity contribution in [2.24, 2.45) is 0 Å². The molecule has 0 atom stereocenters. The lowest BCUT2D eigenvalue weighted by Gasteiger charge is -2.08. The van der Waals surface area contributed by atoms with Gasteiger partial charge in [-0.15, -0.1) is 0 Å². The van der Waals surface area contributed by atoms with Gasteiger partial charge in [-0.3, -0.25) is 9.40 Å². The molecule has 0 amide bonds. The lowest BCUT2D eigenvalue weighted by molar-refractivity contribution is 0.0500. The normalized spacial score (nSPS) is 11.6. The highest BCUT2D eigenvalue weighted by molar-refractivity contribution is 7.92. The minimum Gasteiger partial charge on any atom is -0.462 e. The van der Waals surface area contributed by atoms with Crippen molar-refractivity contribution in [1.82, 2.24) is 9.78 Å². The molecule has 0 saturated carbocycles. The Morgan fingerprint density at radius 2 is 1.92 bits per heavy atom. The molecule has 142 valence electrons. The van der Waals surface area contributed by atoms with Gasteiger partial charge in [0.05, 0.1) is 17.9 Å². The fraction of sp³-hybridized carbons (Fsp3) is 0.444. The Labute approximate surface area is 154 Å². The van der Waals surface area contributed by atoms with Gasteiger partial charge in [0.1, 0.15) is 4.90 Å². The molecule has 7 nitrogen and oxygen atoms in total. The average Bonchev–Trinajstić information content (AvgIpc) is 2.98. The zero-order valence-electron chi connectivity index (χ0n) is 15.5. The van der Waals surface area contributed by atoms with Crippen LogP contribution in [0.1, 0.15) is 55.7 Å². The molecular weight excluding hydrogens is 354 g/mol. The van der Waals surface area contributed by atoms with Crippen LogP contribution in [0.25, 0.3) is 0 Å². The summed E-state index contributed by atoms with van der Waals surface area (Å²) in [6, 6.07) is 6.22. The van der Waals surface area contributed by atoms with Crippen LogP contribution >= 0.6 is 0 Å². The number of carbonyl (C=O) groups is 1. The van der Waals surface area contributed by atoms with Crippen LogP contribution in [0.4, 0.5) is 5.69 Å². The van der Waals surface area contributed by atoms with Crippen molar-refractivity contribution in [3.05, 3.63) is 41.7 Å². The van der Waals surface area contributed by atoms with Gasteiger partial charge in [0.2, 0.25) is 0 Å². The number of benzene rings is 1. The first kappa shape index (κ1) is 20.0. The number of hydrogen-bond donors (Lipinski definition) is 1. The highest BCUT2D eigenvalue weighted by atomic mass is 32.2. The van der Waals surface area contributed by atoms with Gasteiger partial charge in [-0.25, -0.2) is 13.2 Å². The van der Waals surface area contributed by atoms with Gasteiger partial charge in [-0.2, -0.15) is 5.10 Å². The highest BCUT2D eigenvalue weighted by Crippen LogP contribution is 2.20. The van der Waals surface area contributed by atoms with Crippen molar-refractivity contribution in [2.75, 3.05) is 11.3 Å². The summed E-state index contributed by atoms with van der Waals surface area (Å²) in [4.78, 5) is 12.0. The Morgan fingerprint density at radius 1 is 1.27 bits per heavy atom. The van der Waals surface area contributed by atoms with E-state index in [-0.39, 0.29) is 10.9 Å². The molecule has 0 bridgehead atoms. The Bertz CT molecular complexity index is 855. The summed E-state index contributed by atoms with van der Waals surface area (Å²) in [5.74, 6) is -0.415. The Balaban J connectivity index is 2.11. The molecule has 0 aliphatic rings. The lowest BCUT2D eigenvalue weighted by Crippen LogP contribution is -2.14. The third-order valence-corrected chi connectivity index (χ3v) is 5.28. The topological polar surface area (TPSA) is 90.3 Å². The molecule has 0 unspecified atom stereocenters. The van der Waals surface area contributed by atoms with E-state index in [1.165, 1.54) is 30.5 Å². The summed E-state index contributed by atoms with van der Waals surface area (Å²) >= 11 is 0. The summed E-state index contributed by atoms with van der Waals surface area (Å²) in [5, 5.41) is 4.23. The van der Waals surface area contributed by atoms with Crippen LogP contribution in [-0.2, 0) is 14.8 Å². The predicted octanol–water partition coefficient (Wildman–Crippen LogP) is 3.53. The van der Waals surface area contributed by atoms with E-state index in [9.17, 15) is 13.2 Å². The van der Waals surface area contributed by atoms with E-state index in [4.69, 9.17) is 4.74 Å². The van der Waals surface area contributed by atoms with E-state index in [0.29, 0.717) is 23.6 Å². The van der Waals surface area contributed by atoms with Crippen LogP contribution in [0.3, 0.4) is 0 Å². The molecule has 0 saturated heterocycles. The van der Waals surface area contributed by atoms with Gasteiger partial charge >= 0.3 is 5.97 Å². The molecule has 8 heteroatoms. The second kappa shape index (κ2) is 8.35. The highest BCUT2D eigenvalue weighted by Gasteiger charge is 2.21. The van der Waals surface area contributed by atoms with E-state index in [2.05, 4.69) is 9.82 Å². The lowest BCUT2D eigenvalue weighted by atomic mass is 10.2. The second-order valence-corrected chi connectivity index (χ2v) is 7.98. The van der Waals surface area contributed by atoms with E-state index in [0.717, 1.165) is 12.8 Å². The van der Waals surface area contributed by atoms with Gasteiger partial charge in [-0.1, -0.05) is 13.3 Å². The molecule has 1 N–H and O–H groups in total. The van der Waals surface area contributed by atoms with E-state index in [1.807, 2.05) is 20.8 Å². The molecule has 0 aliphatic heterocycles. The first-order valence-electron chi connectivity index (χ1n) is 8.60. The molecular formula is C18H25N3O4S. The Morgan fingerprint density at radius 3 is 2.46 bits per heavy atom. The number of nitrogens with one attached hydrogen (secondary N) is 1. The number of rotatable bonds is 8. The zero-order chi connectivity index (χ0) is 19.3. The molecule has 2 rings (SSSR count). The fourth-order valence-corrected chi connectivity index (χ4v) is 3.50. The van der Waals surface area contributed by atoms with Crippen molar-refractivity contribution < 1.29 is 17.9 Å². The number of nitrogens with zero attached hydrogens (tertiary/aromatic N) is 2. The largest absolute Gasteiger partial charge is 0.462 e. The summed E-state index contributed by atoms with van der Waals surface area (Å²) < 4.78 is 34.4. The van der Waals surface area contributed by atoms with Crippen molar-refractivity contribution >= 4 is 21.7 Å². The first-order chi connectivity index (χ1) is 12.2. The maximum absolute atomic E-state index is 12.6. The minimum atomic E-state index is -3.76. The number of esters is 1. The molecule has 1 heterocycles. The summed E-state index contributed by atoms with van der Waals surface area (Å²) in [5.41, 5.74) is 1.18. The molecule has 0 spiro atoms. The molecule has 2 aromatic rings. The van der Waals surface area contributed by atoms with Gasteiger partial charge in [0, 0.05) is 17.9 Å². The van der Waals surface area contributed by atoms with E-state index < -0.39 is 16.0 Å². The molecule has 26 heavy (non-hydrogen) atoms. The van der Waals surface area contributed by atoms with Crippen LogP contribution in [0, 0.1) is 6.92 Å². The summed E-state index contributed by atoms with van der Waals surface area (Å²) in [6.45, 7) is 7.90. The number of aromatic nitrogens is 2. The average molecular weight is 379 g/mol. The molecule has 0 fully saturated rings. The predicted molar refractivity (Wildman–Crippen MR) is 99.8 cm³/mol. The van der Waals surface area contributed by atoms with Gasteiger partial charge < -0.3 is 4.74 Å². The maximum atomic E-state index is 12.6. The fourth-order valence-electron chi connectivity index (χ4n) is 2.27. The van der Waals surface area contributed by atoms with Gasteiger partial charge in [0.15, 0.2) is 0 Å². The van der Waals surface area contributed by atoms with Crippen molar-refractivity contribution in [2.45, 2.75) is 51.5 Å². The number of ether oxygens (including phenoxy) is 1. The third-order valence-electron chi connectivity index (χ3n) is 3.79. The maximum Gasteiger partial charge on any atom is 0.338 e. The standard InChI is InChI=1S/C18H25N3O4S/c1-5-6-11-25-18(22)15-7-9-16(10-8-15)20-26(23,24)17-12-21(13(2)3)19-14(17)4/h7-10,12-13,20H,5-6,11H2,1-4H3. The molecule has 1 aromatic carbocycles. The first-order valence-corrected chi connectivity index (χ1v) is 10.1. The molecule has 0 radical (unpaired) electrons. The number of hydrogen-bond acceptors (Lipinski definition) is 5. The second-order valence-electron chi connectivity index (χ2n) is 6.32. The number of unbranched alkanes of at least 4 members (excludes halogenated alkanes) is 1. The van der Waals surface area contributed by atoms with Crippen molar-refractivity contribution in [1.29, 1.82) is 0 Å². The van der Waals surface area contributed by atoms with Crippen molar-refractivity contribution in [3.8, 4) is 0 Å². The van der Waals surface area contributed by atoms with E-state index in [1.54, 1.807) is 11.6 Å². The third kappa shape index (κ3) is 4.85. The van der Waals surface area contributed by atoms with Crippen LogP contribution in [0.5, 0.6) is 0 Å². The van der Waals surface area contributed by atoms with Crippen molar-refractivity contribution in [3.63, 3.8) is 0 Å².